The molecule has 4 N–H and O–H groups in total. The predicted octanol–water partition coefficient (Wildman–Crippen LogP) is 0.0213. The highest BCUT2D eigenvalue weighted by Crippen LogP contribution is 2.27. The first-order chi connectivity index (χ1) is 8.62. The van der Waals surface area contributed by atoms with E-state index in [4.69, 9.17) is 10.8 Å². The van der Waals surface area contributed by atoms with Crippen LogP contribution in [0.2, 0.25) is 0 Å². The molecule has 0 atom stereocenters. The van der Waals surface area contributed by atoms with Gasteiger partial charge in [-0.3, -0.25) is 4.79 Å². The van der Waals surface area contributed by atoms with Crippen LogP contribution in [-0.2, 0) is 21.2 Å². The van der Waals surface area contributed by atoms with Gasteiger partial charge in [-0.25, -0.2) is 13.1 Å². The highest BCUT2D eigenvalue weighted by Gasteiger charge is 2.24. The Balaban J connectivity index is 3.24. The van der Waals surface area contributed by atoms with Crippen molar-refractivity contribution in [2.45, 2.75) is 25.3 Å². The number of carboxylic acids is 1. The molecule has 0 radical (unpaired) electrons. The summed E-state index contributed by atoms with van der Waals surface area (Å²) >= 11 is 0. The van der Waals surface area contributed by atoms with Crippen LogP contribution in [0, 0.1) is 5.92 Å². The Bertz CT molecular complexity index is 577. The van der Waals surface area contributed by atoms with E-state index in [-0.39, 0.29) is 22.4 Å². The second-order valence-corrected chi connectivity index (χ2v) is 6.61. The number of sulfone groups is 1. The maximum Gasteiger partial charge on any atom is 0.325 e. The van der Waals surface area contributed by atoms with E-state index in [0.717, 1.165) is 10.9 Å². The highest BCUT2D eigenvalue weighted by molar-refractivity contribution is 7.91. The quantitative estimate of drug-likeness (QED) is 0.674. The van der Waals surface area contributed by atoms with E-state index >= 15 is 0 Å². The van der Waals surface area contributed by atoms with Gasteiger partial charge >= 0.3 is 5.97 Å². The maximum absolute atomic E-state index is 11.7. The number of aliphatic carboxylic acids is 1. The van der Waals surface area contributed by atoms with Crippen LogP contribution in [0.3, 0.4) is 0 Å². The Kier molecular flexibility index (Phi) is 4.40. The molecule has 0 aromatic carbocycles. The fraction of sp³-hybridized carbons (Fsp3) is 0.600. The highest BCUT2D eigenvalue weighted by atomic mass is 32.2. The van der Waals surface area contributed by atoms with Crippen LogP contribution in [0.4, 0.5) is 11.6 Å². The molecule has 0 saturated carbocycles. The number of nitrogen functional groups attached to an aromatic ring is 1. The van der Waals surface area contributed by atoms with E-state index in [1.165, 1.54) is 0 Å². The van der Waals surface area contributed by atoms with Crippen LogP contribution in [0.1, 0.15) is 13.8 Å². The van der Waals surface area contributed by atoms with E-state index in [1.54, 1.807) is 0 Å². The summed E-state index contributed by atoms with van der Waals surface area (Å²) in [5.41, 5.74) is 5.66. The van der Waals surface area contributed by atoms with Crippen LogP contribution in [0.5, 0.6) is 0 Å². The number of nitrogens with one attached hydrogen (secondary N) is 1. The molecule has 1 heterocycles. The molecule has 0 aliphatic heterocycles. The molecule has 1 rings (SSSR count). The topological polar surface area (TPSA) is 127 Å². The summed E-state index contributed by atoms with van der Waals surface area (Å²) in [4.78, 5) is 10.5. The summed E-state index contributed by atoms with van der Waals surface area (Å²) in [7, 11) is -3.59. The number of carbonyl (C=O) groups is 1. The van der Waals surface area contributed by atoms with E-state index in [0.29, 0.717) is 6.54 Å². The minimum Gasteiger partial charge on any atom is -0.480 e. The molecule has 9 heteroatoms. The summed E-state index contributed by atoms with van der Waals surface area (Å²) in [6.45, 7) is 3.92. The molecule has 1 aromatic rings. The van der Waals surface area contributed by atoms with Crippen LogP contribution in [-0.4, -0.2) is 42.1 Å². The predicted molar refractivity (Wildman–Crippen MR) is 70.7 cm³/mol. The molecule has 0 spiro atoms. The van der Waals surface area contributed by atoms with Gasteiger partial charge in [0.25, 0.3) is 0 Å². The molecule has 8 nitrogen and oxygen atoms in total. The second kappa shape index (κ2) is 5.47. The van der Waals surface area contributed by atoms with Crippen molar-refractivity contribution in [3.8, 4) is 0 Å². The Morgan fingerprint density at radius 3 is 2.53 bits per heavy atom. The molecule has 108 valence electrons. The number of hydrogen-bond donors (Lipinski definition) is 3. The van der Waals surface area contributed by atoms with Crippen molar-refractivity contribution in [3.05, 3.63) is 0 Å². The van der Waals surface area contributed by atoms with Gasteiger partial charge in [0.1, 0.15) is 12.4 Å². The largest absolute Gasteiger partial charge is 0.480 e. The first-order valence-corrected chi connectivity index (χ1v) is 7.54. The first kappa shape index (κ1) is 15.3. The smallest absolute Gasteiger partial charge is 0.325 e. The Morgan fingerprint density at radius 2 is 2.11 bits per heavy atom. The number of carboxylic acid groups (broad SMARTS) is 1. The van der Waals surface area contributed by atoms with Gasteiger partial charge in [-0.2, -0.15) is 5.10 Å². The van der Waals surface area contributed by atoms with Crippen LogP contribution >= 0.6 is 0 Å². The lowest BCUT2D eigenvalue weighted by Crippen LogP contribution is -2.13. The number of nitrogens with zero attached hydrogens (tertiary/aromatic N) is 2. The van der Waals surface area contributed by atoms with Gasteiger partial charge in [0, 0.05) is 12.8 Å². The molecular formula is C10H18N4O4S. The number of hydrogen-bond acceptors (Lipinski definition) is 6. The summed E-state index contributed by atoms with van der Waals surface area (Å²) in [6, 6.07) is 0. The average Bonchev–Trinajstić information content (AvgIpc) is 2.51. The molecule has 0 bridgehead atoms. The summed E-state index contributed by atoms with van der Waals surface area (Å²) < 4.78 is 24.4. The van der Waals surface area contributed by atoms with Gasteiger partial charge in [0.15, 0.2) is 20.6 Å². The number of rotatable bonds is 6. The monoisotopic (exact) mass is 290 g/mol. The van der Waals surface area contributed by atoms with Crippen molar-refractivity contribution < 1.29 is 18.3 Å². The third-order valence-electron chi connectivity index (χ3n) is 2.28. The summed E-state index contributed by atoms with van der Waals surface area (Å²) in [6.07, 6.45) is 1.01. The van der Waals surface area contributed by atoms with E-state index in [2.05, 4.69) is 10.4 Å². The van der Waals surface area contributed by atoms with E-state index in [1.807, 2.05) is 13.8 Å². The average molecular weight is 290 g/mol. The van der Waals surface area contributed by atoms with Crippen molar-refractivity contribution in [1.29, 1.82) is 0 Å². The minimum atomic E-state index is -3.59. The molecule has 0 amide bonds. The Morgan fingerprint density at radius 1 is 1.53 bits per heavy atom. The van der Waals surface area contributed by atoms with Gasteiger partial charge in [-0.15, -0.1) is 0 Å². The van der Waals surface area contributed by atoms with Gasteiger partial charge in [-0.1, -0.05) is 13.8 Å². The Hall–Kier alpha value is -1.77. The summed E-state index contributed by atoms with van der Waals surface area (Å²) in [5, 5.41) is 15.5. The van der Waals surface area contributed by atoms with Gasteiger partial charge in [-0.05, 0) is 5.92 Å². The molecule has 19 heavy (non-hydrogen) atoms. The number of anilines is 2. The lowest BCUT2D eigenvalue weighted by Gasteiger charge is -2.07. The molecule has 0 saturated heterocycles. The second-order valence-electron chi connectivity index (χ2n) is 4.66. The molecule has 0 unspecified atom stereocenters. The van der Waals surface area contributed by atoms with Gasteiger partial charge in [0.05, 0.1) is 0 Å². The van der Waals surface area contributed by atoms with Crippen molar-refractivity contribution in [3.63, 3.8) is 0 Å². The fourth-order valence-corrected chi connectivity index (χ4v) is 2.44. The van der Waals surface area contributed by atoms with Gasteiger partial charge in [0.2, 0.25) is 0 Å². The van der Waals surface area contributed by atoms with E-state index in [9.17, 15) is 13.2 Å². The first-order valence-electron chi connectivity index (χ1n) is 5.65. The van der Waals surface area contributed by atoms with Gasteiger partial charge < -0.3 is 16.2 Å². The van der Waals surface area contributed by atoms with Crippen LogP contribution < -0.4 is 11.1 Å². The lowest BCUT2D eigenvalue weighted by atomic mass is 10.2. The van der Waals surface area contributed by atoms with Crippen LogP contribution in [0.25, 0.3) is 0 Å². The molecule has 1 aromatic heterocycles. The minimum absolute atomic E-state index is 0.0925. The van der Waals surface area contributed by atoms with Crippen molar-refractivity contribution in [2.24, 2.45) is 5.92 Å². The zero-order chi connectivity index (χ0) is 14.8. The third kappa shape index (κ3) is 3.85. The lowest BCUT2D eigenvalue weighted by molar-refractivity contribution is -0.137. The number of aromatic nitrogens is 2. The Labute approximate surface area is 111 Å². The molecule has 0 aliphatic carbocycles. The van der Waals surface area contributed by atoms with E-state index < -0.39 is 22.4 Å². The number of nitrogens with two attached hydrogens (primary N) is 1. The summed E-state index contributed by atoms with van der Waals surface area (Å²) in [5.74, 6) is -0.950. The standard InChI is InChI=1S/C10H18N4O4S/c1-6(2)4-12-10-8(19(3,17)18)9(11)14(13-10)5-7(15)16/h6H,4-5,11H2,1-3H3,(H,12,13)(H,15,16). The van der Waals surface area contributed by atoms with Crippen molar-refractivity contribution >= 4 is 27.4 Å². The molecule has 0 fully saturated rings. The van der Waals surface area contributed by atoms with Crippen LogP contribution in [0.15, 0.2) is 4.90 Å². The maximum atomic E-state index is 11.7. The SMILES string of the molecule is CC(C)CNc1nn(CC(=O)O)c(N)c1S(C)(=O)=O. The zero-order valence-corrected chi connectivity index (χ0v) is 11.9. The zero-order valence-electron chi connectivity index (χ0n) is 11.0. The fourth-order valence-electron chi connectivity index (χ4n) is 1.49. The molecule has 0 aliphatic rings. The van der Waals surface area contributed by atoms with Crippen molar-refractivity contribution in [1.82, 2.24) is 9.78 Å². The van der Waals surface area contributed by atoms with Crippen molar-refractivity contribution in [2.75, 3.05) is 23.9 Å². The normalized spacial score (nSPS) is 11.8. The third-order valence-corrected chi connectivity index (χ3v) is 3.42. The molecular weight excluding hydrogens is 272 g/mol.